The first-order valence-electron chi connectivity index (χ1n) is 5.60. The second-order valence-corrected chi connectivity index (χ2v) is 4.77. The van der Waals surface area contributed by atoms with Crippen molar-refractivity contribution in [1.82, 2.24) is 0 Å². The van der Waals surface area contributed by atoms with Crippen LogP contribution in [0.4, 0.5) is 0 Å². The van der Waals surface area contributed by atoms with Gasteiger partial charge in [0.05, 0.1) is 0 Å². The average molecular weight is 198 g/mol. The number of carboxylic acids is 1. The minimum Gasteiger partial charge on any atom is -0.479 e. The lowest BCUT2D eigenvalue weighted by Crippen LogP contribution is -2.52. The molecule has 0 radical (unpaired) electrons. The Hall–Kier alpha value is -0.570. The maximum atomic E-state index is 11.1. The molecule has 0 amide bonds. The molecule has 80 valence electrons. The highest BCUT2D eigenvalue weighted by Crippen LogP contribution is 2.46. The molecule has 3 heteroatoms. The van der Waals surface area contributed by atoms with E-state index in [-0.39, 0.29) is 5.92 Å². The molecule has 2 saturated carbocycles. The summed E-state index contributed by atoms with van der Waals surface area (Å²) in [5.74, 6) is -0.532. The monoisotopic (exact) mass is 198 g/mol. The van der Waals surface area contributed by atoms with Gasteiger partial charge in [-0.1, -0.05) is 19.3 Å². The minimum absolute atomic E-state index is 0.0162. The largest absolute Gasteiger partial charge is 0.479 e. The molecule has 0 bridgehead atoms. The molecule has 0 spiro atoms. The number of carbonyl (C=O) groups is 1. The number of aliphatic hydroxyl groups is 1. The number of hydrogen-bond acceptors (Lipinski definition) is 2. The van der Waals surface area contributed by atoms with Gasteiger partial charge in [0.25, 0.3) is 0 Å². The fraction of sp³-hybridized carbons (Fsp3) is 0.909. The van der Waals surface area contributed by atoms with E-state index in [0.29, 0.717) is 12.3 Å². The molecule has 0 aliphatic heterocycles. The molecule has 0 aromatic carbocycles. The van der Waals surface area contributed by atoms with Crippen molar-refractivity contribution >= 4 is 5.97 Å². The van der Waals surface area contributed by atoms with Crippen LogP contribution >= 0.6 is 0 Å². The van der Waals surface area contributed by atoms with Gasteiger partial charge in [0.2, 0.25) is 0 Å². The summed E-state index contributed by atoms with van der Waals surface area (Å²) < 4.78 is 0. The zero-order chi connectivity index (χ0) is 10.2. The first-order chi connectivity index (χ1) is 6.64. The van der Waals surface area contributed by atoms with Crippen LogP contribution in [-0.4, -0.2) is 21.8 Å². The number of carboxylic acid groups (broad SMARTS) is 1. The van der Waals surface area contributed by atoms with Crippen LogP contribution in [-0.2, 0) is 4.79 Å². The van der Waals surface area contributed by atoms with Gasteiger partial charge in [-0.3, -0.25) is 0 Å². The number of hydrogen-bond donors (Lipinski definition) is 2. The van der Waals surface area contributed by atoms with Crippen LogP contribution in [0.25, 0.3) is 0 Å². The van der Waals surface area contributed by atoms with E-state index in [4.69, 9.17) is 5.11 Å². The van der Waals surface area contributed by atoms with Crippen molar-refractivity contribution in [2.24, 2.45) is 11.8 Å². The Morgan fingerprint density at radius 2 is 1.79 bits per heavy atom. The van der Waals surface area contributed by atoms with E-state index >= 15 is 0 Å². The van der Waals surface area contributed by atoms with Gasteiger partial charge in [0.1, 0.15) is 0 Å². The van der Waals surface area contributed by atoms with Crippen LogP contribution in [0.2, 0.25) is 0 Å². The van der Waals surface area contributed by atoms with Gasteiger partial charge in [-0.15, -0.1) is 0 Å². The van der Waals surface area contributed by atoms with Crippen molar-refractivity contribution in [2.75, 3.05) is 0 Å². The molecule has 3 nitrogen and oxygen atoms in total. The maximum Gasteiger partial charge on any atom is 0.335 e. The van der Waals surface area contributed by atoms with Crippen molar-refractivity contribution in [3.63, 3.8) is 0 Å². The van der Waals surface area contributed by atoms with E-state index in [9.17, 15) is 9.90 Å². The van der Waals surface area contributed by atoms with Crippen molar-refractivity contribution < 1.29 is 15.0 Å². The number of aliphatic carboxylic acids is 1. The lowest BCUT2D eigenvalue weighted by molar-refractivity contribution is -0.175. The molecule has 0 aromatic rings. The minimum atomic E-state index is -1.41. The smallest absolute Gasteiger partial charge is 0.335 e. The lowest BCUT2D eigenvalue weighted by Gasteiger charge is -2.44. The van der Waals surface area contributed by atoms with Gasteiger partial charge in [-0.05, 0) is 31.6 Å². The van der Waals surface area contributed by atoms with Crippen LogP contribution in [0.3, 0.4) is 0 Å². The van der Waals surface area contributed by atoms with Gasteiger partial charge in [0, 0.05) is 5.92 Å². The van der Waals surface area contributed by atoms with Crippen LogP contribution in [0.5, 0.6) is 0 Å². The third kappa shape index (κ3) is 1.44. The topological polar surface area (TPSA) is 57.5 Å². The summed E-state index contributed by atoms with van der Waals surface area (Å²) in [6.45, 7) is 0. The fourth-order valence-corrected chi connectivity index (χ4v) is 3.27. The summed E-state index contributed by atoms with van der Waals surface area (Å²) >= 11 is 0. The van der Waals surface area contributed by atoms with E-state index in [2.05, 4.69) is 0 Å². The summed E-state index contributed by atoms with van der Waals surface area (Å²) in [6, 6.07) is 0. The quantitative estimate of drug-likeness (QED) is 0.675. The molecule has 3 atom stereocenters. The first-order valence-corrected chi connectivity index (χ1v) is 5.60. The molecule has 2 aliphatic rings. The molecule has 2 fully saturated rings. The maximum absolute atomic E-state index is 11.1. The Morgan fingerprint density at radius 1 is 1.14 bits per heavy atom. The van der Waals surface area contributed by atoms with E-state index in [0.717, 1.165) is 32.1 Å². The molecular weight excluding hydrogens is 180 g/mol. The zero-order valence-electron chi connectivity index (χ0n) is 8.41. The predicted octanol–water partition coefficient (Wildman–Crippen LogP) is 1.79. The Morgan fingerprint density at radius 3 is 2.50 bits per heavy atom. The van der Waals surface area contributed by atoms with E-state index in [1.807, 2.05) is 0 Å². The van der Waals surface area contributed by atoms with Gasteiger partial charge >= 0.3 is 5.97 Å². The molecule has 0 aromatic heterocycles. The Bertz CT molecular complexity index is 237. The number of fused-ring (bicyclic) bond motifs is 1. The normalized spacial score (nSPS) is 42.9. The summed E-state index contributed by atoms with van der Waals surface area (Å²) in [5, 5.41) is 19.2. The van der Waals surface area contributed by atoms with E-state index in [1.54, 1.807) is 0 Å². The fourth-order valence-electron chi connectivity index (χ4n) is 3.27. The summed E-state index contributed by atoms with van der Waals surface area (Å²) in [7, 11) is 0. The molecule has 0 saturated heterocycles. The van der Waals surface area contributed by atoms with Gasteiger partial charge in [0.15, 0.2) is 5.60 Å². The molecule has 0 heterocycles. The third-order valence-electron chi connectivity index (χ3n) is 4.03. The Kier molecular flexibility index (Phi) is 2.52. The first kappa shape index (κ1) is 9.97. The van der Waals surface area contributed by atoms with Crippen LogP contribution < -0.4 is 0 Å². The van der Waals surface area contributed by atoms with Crippen molar-refractivity contribution in [3.8, 4) is 0 Å². The molecule has 2 N–H and O–H groups in total. The SMILES string of the molecule is O=C(O)C1(O)CCCC2CCCCC21. The second-order valence-electron chi connectivity index (χ2n) is 4.77. The highest BCUT2D eigenvalue weighted by atomic mass is 16.4. The predicted molar refractivity (Wildman–Crippen MR) is 51.9 cm³/mol. The molecule has 2 aliphatic carbocycles. The summed E-state index contributed by atoms with van der Waals surface area (Å²) in [6.07, 6.45) is 6.72. The lowest BCUT2D eigenvalue weighted by atomic mass is 9.63. The van der Waals surface area contributed by atoms with Crippen molar-refractivity contribution in [2.45, 2.75) is 50.5 Å². The Balaban J connectivity index is 2.20. The zero-order valence-corrected chi connectivity index (χ0v) is 8.41. The molecule has 14 heavy (non-hydrogen) atoms. The van der Waals surface area contributed by atoms with Crippen LogP contribution in [0.1, 0.15) is 44.9 Å². The third-order valence-corrected chi connectivity index (χ3v) is 4.03. The van der Waals surface area contributed by atoms with Gasteiger partial charge in [-0.25, -0.2) is 4.79 Å². The van der Waals surface area contributed by atoms with Gasteiger partial charge < -0.3 is 10.2 Å². The van der Waals surface area contributed by atoms with E-state index in [1.165, 1.54) is 6.42 Å². The molecule has 3 unspecified atom stereocenters. The molecular formula is C11H18O3. The summed E-state index contributed by atoms with van der Waals surface area (Å²) in [4.78, 5) is 11.1. The highest BCUT2D eigenvalue weighted by molar-refractivity contribution is 5.77. The average Bonchev–Trinajstić information content (AvgIpc) is 2.18. The Labute approximate surface area is 84.1 Å². The number of rotatable bonds is 1. The van der Waals surface area contributed by atoms with Crippen molar-refractivity contribution in [1.29, 1.82) is 0 Å². The van der Waals surface area contributed by atoms with E-state index < -0.39 is 11.6 Å². The highest BCUT2D eigenvalue weighted by Gasteiger charge is 2.50. The van der Waals surface area contributed by atoms with Crippen LogP contribution in [0, 0.1) is 11.8 Å². The summed E-state index contributed by atoms with van der Waals surface area (Å²) in [5.41, 5.74) is -1.41. The van der Waals surface area contributed by atoms with Crippen LogP contribution in [0.15, 0.2) is 0 Å². The van der Waals surface area contributed by atoms with Crippen molar-refractivity contribution in [3.05, 3.63) is 0 Å². The standard InChI is InChI=1S/C11H18O3/c12-10(13)11(14)7-3-5-8-4-1-2-6-9(8)11/h8-9,14H,1-7H2,(H,12,13). The van der Waals surface area contributed by atoms with Gasteiger partial charge in [-0.2, -0.15) is 0 Å². The second kappa shape index (κ2) is 3.54. The molecule has 2 rings (SSSR count).